The largest absolute Gasteiger partial charge is 0.398 e. The van der Waals surface area contributed by atoms with Crippen LogP contribution in [0.4, 0.5) is 28.4 Å². The zero-order chi connectivity index (χ0) is 54.0. The fourth-order valence-electron chi connectivity index (χ4n) is 9.45. The number of hydrogen-bond donors (Lipinski definition) is 7. The van der Waals surface area contributed by atoms with Crippen molar-refractivity contribution in [3.05, 3.63) is 148 Å². The summed E-state index contributed by atoms with van der Waals surface area (Å²) in [6.07, 6.45) is 12.2. The zero-order valence-corrected chi connectivity index (χ0v) is 46.2. The Morgan fingerprint density at radius 3 is 1.63 bits per heavy atom. The molecule has 75 heavy (non-hydrogen) atoms. The number of nitrogens with one attached hydrogen (secondary N) is 5. The first-order valence-corrected chi connectivity index (χ1v) is 26.8. The highest BCUT2D eigenvalue weighted by atomic mass is 16.2. The molecule has 1 aliphatic rings. The van der Waals surface area contributed by atoms with E-state index in [2.05, 4.69) is 130 Å². The normalized spacial score (nSPS) is 13.5. The number of rotatable bonds is 21. The monoisotopic (exact) mass is 1010 g/mol. The molecule has 0 fully saturated rings. The fraction of sp³-hybridized carbons (Fsp3) is 0.381. The van der Waals surface area contributed by atoms with Gasteiger partial charge in [0.15, 0.2) is 5.54 Å². The average molecular weight is 1010 g/mol. The van der Waals surface area contributed by atoms with E-state index in [9.17, 15) is 9.59 Å². The maximum atomic E-state index is 13.0. The minimum atomic E-state index is -0.172. The van der Waals surface area contributed by atoms with Gasteiger partial charge in [-0.1, -0.05) is 56.5 Å². The summed E-state index contributed by atoms with van der Waals surface area (Å²) in [6.45, 7) is 28.5. The number of benzene rings is 5. The van der Waals surface area contributed by atoms with E-state index in [4.69, 9.17) is 21.4 Å². The number of aryl methyl sites for hydroxylation is 3. The van der Waals surface area contributed by atoms with Crippen molar-refractivity contribution >= 4 is 68.0 Å². The highest BCUT2D eigenvalue weighted by Crippen LogP contribution is 2.34. The lowest BCUT2D eigenvalue weighted by Crippen LogP contribution is -2.51. The van der Waals surface area contributed by atoms with Crippen LogP contribution < -0.4 is 42.6 Å². The van der Waals surface area contributed by atoms with E-state index in [1.54, 1.807) is 0 Å². The van der Waals surface area contributed by atoms with Gasteiger partial charge in [-0.15, -0.1) is 0 Å². The first-order valence-electron chi connectivity index (χ1n) is 26.8. The quantitative estimate of drug-likeness (QED) is 0.0161. The number of nitrogens with zero attached hydrogens (tertiary/aromatic N) is 3. The van der Waals surface area contributed by atoms with Gasteiger partial charge in [-0.05, 0) is 174 Å². The molecule has 2 amide bonds. The fourth-order valence-corrected chi connectivity index (χ4v) is 9.45. The molecular formula is C63H81N10O2+. The molecule has 1 aromatic heterocycles. The van der Waals surface area contributed by atoms with Crippen molar-refractivity contribution in [2.45, 2.75) is 132 Å². The van der Waals surface area contributed by atoms with Gasteiger partial charge in [0, 0.05) is 98.5 Å². The molecule has 0 saturated heterocycles. The number of hydrogen-bond acceptors (Lipinski definition) is 9. The number of aliphatic imine (C=N–C) groups is 1. The van der Waals surface area contributed by atoms with Gasteiger partial charge in [-0.3, -0.25) is 9.59 Å². The van der Waals surface area contributed by atoms with Crippen molar-refractivity contribution in [1.82, 2.24) is 20.9 Å². The van der Waals surface area contributed by atoms with Gasteiger partial charge >= 0.3 is 0 Å². The second-order valence-electron chi connectivity index (χ2n) is 22.3. The van der Waals surface area contributed by atoms with Crippen LogP contribution in [0.15, 0.2) is 125 Å². The van der Waals surface area contributed by atoms with Crippen molar-refractivity contribution in [2.24, 2.45) is 4.99 Å². The summed E-state index contributed by atoms with van der Waals surface area (Å²) in [7, 11) is 0. The Bertz CT molecular complexity index is 3150. The lowest BCUT2D eigenvalue weighted by Gasteiger charge is -2.24. The average Bonchev–Trinajstić information content (AvgIpc) is 3.35. The van der Waals surface area contributed by atoms with Crippen LogP contribution in [0.25, 0.3) is 33.2 Å². The summed E-state index contributed by atoms with van der Waals surface area (Å²) in [5, 5.41) is 17.0. The number of aromatic nitrogens is 2. The number of anilines is 4. The molecule has 0 spiro atoms. The maximum Gasteiger partial charge on any atom is 0.251 e. The van der Waals surface area contributed by atoms with E-state index in [0.717, 1.165) is 160 Å². The highest BCUT2D eigenvalue weighted by molar-refractivity contribution is 6.13. The van der Waals surface area contributed by atoms with Gasteiger partial charge in [-0.2, -0.15) is 4.57 Å². The van der Waals surface area contributed by atoms with Crippen LogP contribution >= 0.6 is 0 Å². The summed E-state index contributed by atoms with van der Waals surface area (Å²) in [6, 6.07) is 27.8. The SMILES string of the molecule is C=C1C=C(NCCCCCCNC(=O)c2ccc(-c3ccc(C(=O)NCCCCCCNc4cc5c(cc4C)nc4cc(C)c(N)cc4[n+]5C(C)(C)C)cc3)cc2)C(C)=C/C1=N/c1cc(C)c(N)cc1NC(C)(C)C. The molecule has 1 heterocycles. The molecule has 0 radical (unpaired) electrons. The molecule has 5 aromatic carbocycles. The van der Waals surface area contributed by atoms with Gasteiger partial charge in [-0.25, -0.2) is 9.98 Å². The van der Waals surface area contributed by atoms with Gasteiger partial charge in [0.05, 0.1) is 17.1 Å². The van der Waals surface area contributed by atoms with Crippen molar-refractivity contribution in [3.8, 4) is 11.1 Å². The molecule has 12 nitrogen and oxygen atoms in total. The first kappa shape index (κ1) is 55.3. The number of carbonyl (C=O) groups is 2. The van der Waals surface area contributed by atoms with E-state index in [0.29, 0.717) is 24.2 Å². The molecule has 9 N–H and O–H groups in total. The molecule has 0 bridgehead atoms. The molecule has 1 aliphatic carbocycles. The van der Waals surface area contributed by atoms with E-state index >= 15 is 0 Å². The summed E-state index contributed by atoms with van der Waals surface area (Å²) in [4.78, 5) is 36.0. The number of carbonyl (C=O) groups excluding carboxylic acids is 2. The summed E-state index contributed by atoms with van der Waals surface area (Å²) in [5.41, 5.74) is 31.0. The second kappa shape index (κ2) is 24.3. The number of fused-ring (bicyclic) bond motifs is 2. The number of nitrogen functional groups attached to an aromatic ring is 2. The van der Waals surface area contributed by atoms with Crippen LogP contribution in [-0.4, -0.2) is 54.2 Å². The molecule has 0 atom stereocenters. The third-order valence-corrected chi connectivity index (χ3v) is 13.7. The Labute approximate surface area is 445 Å². The minimum absolute atomic E-state index is 0.0718. The summed E-state index contributed by atoms with van der Waals surface area (Å²) >= 11 is 0. The van der Waals surface area contributed by atoms with Crippen LogP contribution in [0, 0.1) is 20.8 Å². The highest BCUT2D eigenvalue weighted by Gasteiger charge is 2.30. The minimum Gasteiger partial charge on any atom is -0.398 e. The predicted octanol–water partition coefficient (Wildman–Crippen LogP) is 12.9. The smallest absolute Gasteiger partial charge is 0.251 e. The van der Waals surface area contributed by atoms with Gasteiger partial charge < -0.3 is 38.1 Å². The molecular weight excluding hydrogens is 929 g/mol. The first-order chi connectivity index (χ1) is 35.6. The predicted molar refractivity (Wildman–Crippen MR) is 315 cm³/mol. The van der Waals surface area contributed by atoms with E-state index in [-0.39, 0.29) is 22.9 Å². The van der Waals surface area contributed by atoms with Crippen LogP contribution in [0.3, 0.4) is 0 Å². The Morgan fingerprint density at radius 2 is 1.08 bits per heavy atom. The lowest BCUT2D eigenvalue weighted by molar-refractivity contribution is -0.707. The van der Waals surface area contributed by atoms with Gasteiger partial charge in [0.25, 0.3) is 11.8 Å². The molecule has 394 valence electrons. The lowest BCUT2D eigenvalue weighted by atomic mass is 9.98. The van der Waals surface area contributed by atoms with Crippen LogP contribution in [-0.2, 0) is 5.54 Å². The Morgan fingerprint density at radius 1 is 0.587 bits per heavy atom. The Hall–Kier alpha value is -7.47. The molecule has 6 aromatic rings. The topological polar surface area (TPSA) is 175 Å². The standard InChI is InChI=1S/C63H80N10O2/c1-40-32-54(55(37-49(40)64)72-62(6,7)8)70-53-35-42(3)51(34-44(53)5)66-28-16-12-14-18-30-68-60(74)47-24-20-45(21-25-47)46-22-26-48(27-23-46)61(75)69-31-19-15-13-17-29-67-52-39-59-57(36-43(52)4)71-56-33-41(2)50(65)38-58(56)73(59)63(9,10)11/h20-27,32-39,66,72H,5,12-19,28-31,64H2,1-4,6-11H3,(H4,65,67,68,69,74,75)/p+1/b70-53-. The molecule has 7 rings (SSSR count). The second-order valence-corrected chi connectivity index (χ2v) is 22.3. The third kappa shape index (κ3) is 14.6. The molecule has 0 unspecified atom stereocenters. The van der Waals surface area contributed by atoms with E-state index < -0.39 is 0 Å². The van der Waals surface area contributed by atoms with Crippen LogP contribution in [0.5, 0.6) is 0 Å². The Balaban J connectivity index is 0.762. The number of amides is 2. The zero-order valence-electron chi connectivity index (χ0n) is 46.2. The third-order valence-electron chi connectivity index (χ3n) is 13.7. The van der Waals surface area contributed by atoms with Crippen LogP contribution in [0.1, 0.15) is 137 Å². The van der Waals surface area contributed by atoms with Crippen molar-refractivity contribution in [2.75, 3.05) is 48.3 Å². The van der Waals surface area contributed by atoms with Crippen LogP contribution in [0.2, 0.25) is 0 Å². The number of unbranched alkanes of at least 4 members (excludes halogenated alkanes) is 6. The van der Waals surface area contributed by atoms with Crippen molar-refractivity contribution in [3.63, 3.8) is 0 Å². The van der Waals surface area contributed by atoms with E-state index in [1.807, 2.05) is 74.5 Å². The molecule has 12 heteroatoms. The Kier molecular flexibility index (Phi) is 17.9. The summed E-state index contributed by atoms with van der Waals surface area (Å²) < 4.78 is 2.35. The maximum absolute atomic E-state index is 13.0. The van der Waals surface area contributed by atoms with Crippen molar-refractivity contribution < 1.29 is 14.2 Å². The summed E-state index contributed by atoms with van der Waals surface area (Å²) in [5.74, 6) is -0.147. The number of nitrogens with two attached hydrogens (primary N) is 2. The molecule has 0 saturated carbocycles. The number of allylic oxidation sites excluding steroid dienone is 4. The van der Waals surface area contributed by atoms with Gasteiger partial charge in [0.1, 0.15) is 11.0 Å². The van der Waals surface area contributed by atoms with Gasteiger partial charge in [0.2, 0.25) is 11.0 Å². The van der Waals surface area contributed by atoms with Crippen molar-refractivity contribution in [1.29, 1.82) is 0 Å². The van der Waals surface area contributed by atoms with E-state index in [1.165, 1.54) is 5.56 Å². The molecule has 0 aliphatic heterocycles.